The van der Waals surface area contributed by atoms with Crippen LogP contribution in [0.2, 0.25) is 0 Å². The lowest BCUT2D eigenvalue weighted by molar-refractivity contribution is 0.726. The van der Waals surface area contributed by atoms with Crippen molar-refractivity contribution in [3.05, 3.63) is 65.5 Å². The third-order valence-corrected chi connectivity index (χ3v) is 2.73. The Bertz CT molecular complexity index is 434. The maximum absolute atomic E-state index is 4.13. The molecule has 1 heterocycles. The molecule has 0 radical (unpaired) electrons. The summed E-state index contributed by atoms with van der Waals surface area (Å²) in [7, 11) is 0. The van der Waals surface area contributed by atoms with Gasteiger partial charge in [0.1, 0.15) is 0 Å². The lowest BCUT2D eigenvalue weighted by Gasteiger charge is -2.04. The Kier molecular flexibility index (Phi) is 4.28. The van der Waals surface area contributed by atoms with E-state index in [0.717, 1.165) is 19.5 Å². The predicted molar refractivity (Wildman–Crippen MR) is 70.9 cm³/mol. The van der Waals surface area contributed by atoms with Gasteiger partial charge < -0.3 is 5.32 Å². The molecule has 0 saturated heterocycles. The predicted octanol–water partition coefficient (Wildman–Crippen LogP) is 2.78. The van der Waals surface area contributed by atoms with Gasteiger partial charge in [0.25, 0.3) is 0 Å². The van der Waals surface area contributed by atoms with Gasteiger partial charge in [0.15, 0.2) is 0 Å². The third-order valence-electron chi connectivity index (χ3n) is 2.73. The van der Waals surface area contributed by atoms with E-state index in [1.807, 2.05) is 18.5 Å². The molecule has 2 aromatic rings. The smallest absolute Gasteiger partial charge is 0.0303 e. The monoisotopic (exact) mass is 226 g/mol. The molecule has 2 nitrogen and oxygen atoms in total. The number of nitrogens with one attached hydrogen (secondary N) is 1. The molecule has 1 N–H and O–H groups in total. The minimum atomic E-state index is 0.948. The summed E-state index contributed by atoms with van der Waals surface area (Å²) >= 11 is 0. The minimum Gasteiger partial charge on any atom is -0.313 e. The van der Waals surface area contributed by atoms with E-state index < -0.39 is 0 Å². The maximum Gasteiger partial charge on any atom is 0.0303 e. The molecule has 0 saturated carbocycles. The van der Waals surface area contributed by atoms with Crippen LogP contribution in [0.25, 0.3) is 0 Å². The Balaban J connectivity index is 1.98. The average molecular weight is 226 g/mol. The van der Waals surface area contributed by atoms with Crippen molar-refractivity contribution in [2.75, 3.05) is 6.54 Å². The molecule has 17 heavy (non-hydrogen) atoms. The van der Waals surface area contributed by atoms with Crippen LogP contribution in [0.3, 0.4) is 0 Å². The quantitative estimate of drug-likeness (QED) is 0.848. The van der Waals surface area contributed by atoms with Gasteiger partial charge in [-0.1, -0.05) is 37.3 Å². The standard InChI is InChI=1S/C15H18N2/c1-2-16-11-14-7-5-13(6-8-14)10-15-4-3-9-17-12-15/h3-9,12,16H,2,10-11H2,1H3. The molecule has 0 unspecified atom stereocenters. The molecule has 1 aromatic carbocycles. The summed E-state index contributed by atoms with van der Waals surface area (Å²) in [5, 5.41) is 3.32. The molecule has 88 valence electrons. The van der Waals surface area contributed by atoms with Gasteiger partial charge in [-0.2, -0.15) is 0 Å². The van der Waals surface area contributed by atoms with Gasteiger partial charge in [-0.05, 0) is 35.7 Å². The molecule has 2 rings (SSSR count). The fraction of sp³-hybridized carbons (Fsp3) is 0.267. The van der Waals surface area contributed by atoms with E-state index in [0.29, 0.717) is 0 Å². The summed E-state index contributed by atoms with van der Waals surface area (Å²) in [6.07, 6.45) is 4.69. The minimum absolute atomic E-state index is 0.948. The van der Waals surface area contributed by atoms with Gasteiger partial charge in [0.2, 0.25) is 0 Å². The van der Waals surface area contributed by atoms with Gasteiger partial charge in [0, 0.05) is 18.9 Å². The van der Waals surface area contributed by atoms with E-state index >= 15 is 0 Å². The van der Waals surface area contributed by atoms with Crippen LogP contribution >= 0.6 is 0 Å². The van der Waals surface area contributed by atoms with Crippen molar-refractivity contribution in [2.45, 2.75) is 19.9 Å². The Labute approximate surface area is 103 Å². The number of benzene rings is 1. The van der Waals surface area contributed by atoms with Gasteiger partial charge in [-0.25, -0.2) is 0 Å². The van der Waals surface area contributed by atoms with E-state index in [2.05, 4.69) is 47.6 Å². The Morgan fingerprint density at radius 1 is 1.00 bits per heavy atom. The largest absolute Gasteiger partial charge is 0.313 e. The summed E-state index contributed by atoms with van der Waals surface area (Å²) in [6.45, 7) is 4.08. The van der Waals surface area contributed by atoms with E-state index in [-0.39, 0.29) is 0 Å². The zero-order valence-corrected chi connectivity index (χ0v) is 10.2. The fourth-order valence-corrected chi connectivity index (χ4v) is 1.78. The highest BCUT2D eigenvalue weighted by atomic mass is 14.8. The lowest BCUT2D eigenvalue weighted by Crippen LogP contribution is -2.11. The van der Waals surface area contributed by atoms with Crippen molar-refractivity contribution in [3.8, 4) is 0 Å². The molecule has 0 aliphatic carbocycles. The lowest BCUT2D eigenvalue weighted by atomic mass is 10.0. The molecule has 0 spiro atoms. The van der Waals surface area contributed by atoms with Crippen LogP contribution in [0.4, 0.5) is 0 Å². The molecule has 0 aliphatic heterocycles. The molecule has 0 fully saturated rings. The molecular weight excluding hydrogens is 208 g/mol. The highest BCUT2D eigenvalue weighted by molar-refractivity contribution is 5.27. The fourth-order valence-electron chi connectivity index (χ4n) is 1.78. The second-order valence-electron chi connectivity index (χ2n) is 4.13. The Hall–Kier alpha value is -1.67. The topological polar surface area (TPSA) is 24.9 Å². The second-order valence-corrected chi connectivity index (χ2v) is 4.13. The van der Waals surface area contributed by atoms with Crippen molar-refractivity contribution in [1.29, 1.82) is 0 Å². The van der Waals surface area contributed by atoms with Crippen LogP contribution in [0.1, 0.15) is 23.6 Å². The van der Waals surface area contributed by atoms with Crippen molar-refractivity contribution in [2.24, 2.45) is 0 Å². The summed E-state index contributed by atoms with van der Waals surface area (Å²) < 4.78 is 0. The molecule has 0 atom stereocenters. The van der Waals surface area contributed by atoms with Crippen molar-refractivity contribution < 1.29 is 0 Å². The molecule has 0 amide bonds. The van der Waals surface area contributed by atoms with Crippen molar-refractivity contribution in [3.63, 3.8) is 0 Å². The zero-order valence-electron chi connectivity index (χ0n) is 10.2. The zero-order chi connectivity index (χ0) is 11.9. The van der Waals surface area contributed by atoms with Crippen LogP contribution in [0.5, 0.6) is 0 Å². The first-order chi connectivity index (χ1) is 8.38. The first kappa shape index (κ1) is 11.8. The molecule has 1 aromatic heterocycles. The number of hydrogen-bond donors (Lipinski definition) is 1. The van der Waals surface area contributed by atoms with E-state index in [1.54, 1.807) is 0 Å². The average Bonchev–Trinajstić information content (AvgIpc) is 2.39. The number of nitrogens with zero attached hydrogens (tertiary/aromatic N) is 1. The highest BCUT2D eigenvalue weighted by Crippen LogP contribution is 2.09. The number of hydrogen-bond acceptors (Lipinski definition) is 2. The first-order valence-corrected chi connectivity index (χ1v) is 6.06. The summed E-state index contributed by atoms with van der Waals surface area (Å²) in [5.41, 5.74) is 3.92. The summed E-state index contributed by atoms with van der Waals surface area (Å²) in [4.78, 5) is 4.13. The van der Waals surface area contributed by atoms with E-state index in [1.165, 1.54) is 16.7 Å². The number of rotatable bonds is 5. The van der Waals surface area contributed by atoms with E-state index in [9.17, 15) is 0 Å². The van der Waals surface area contributed by atoms with Gasteiger partial charge >= 0.3 is 0 Å². The third kappa shape index (κ3) is 3.68. The van der Waals surface area contributed by atoms with Crippen molar-refractivity contribution >= 4 is 0 Å². The molecule has 0 aliphatic rings. The SMILES string of the molecule is CCNCc1ccc(Cc2cccnc2)cc1. The summed E-state index contributed by atoms with van der Waals surface area (Å²) in [5.74, 6) is 0. The van der Waals surface area contributed by atoms with Crippen LogP contribution < -0.4 is 5.32 Å². The van der Waals surface area contributed by atoms with Crippen LogP contribution in [-0.4, -0.2) is 11.5 Å². The summed E-state index contributed by atoms with van der Waals surface area (Å²) in [6, 6.07) is 12.9. The number of pyridine rings is 1. The van der Waals surface area contributed by atoms with Crippen LogP contribution in [0.15, 0.2) is 48.8 Å². The molecule has 2 heteroatoms. The number of aromatic nitrogens is 1. The highest BCUT2D eigenvalue weighted by Gasteiger charge is 1.97. The normalized spacial score (nSPS) is 10.4. The van der Waals surface area contributed by atoms with Crippen molar-refractivity contribution in [1.82, 2.24) is 10.3 Å². The first-order valence-electron chi connectivity index (χ1n) is 6.06. The van der Waals surface area contributed by atoms with Gasteiger partial charge in [-0.15, -0.1) is 0 Å². The van der Waals surface area contributed by atoms with Crippen LogP contribution in [-0.2, 0) is 13.0 Å². The molecular formula is C15H18N2. The Morgan fingerprint density at radius 3 is 2.41 bits per heavy atom. The van der Waals surface area contributed by atoms with E-state index in [4.69, 9.17) is 0 Å². The second kappa shape index (κ2) is 6.16. The van der Waals surface area contributed by atoms with Crippen LogP contribution in [0, 0.1) is 0 Å². The maximum atomic E-state index is 4.13. The molecule has 0 bridgehead atoms. The van der Waals surface area contributed by atoms with Gasteiger partial charge in [-0.3, -0.25) is 4.98 Å². The Morgan fingerprint density at radius 2 is 1.76 bits per heavy atom. The van der Waals surface area contributed by atoms with Gasteiger partial charge in [0.05, 0.1) is 0 Å².